The standard InChI is InChI=1S/C21H26N8/c1-3-16-13-24-29-19(16)25-21(28-9-5-4-6-10-28)26-20(29)22-12-15-7-8-18-17(11-15)23-14-27(18)2/h7-8,11,13-14H,3-6,9-10,12H2,1-2H3,(H,22,25,26). The third-order valence-electron chi connectivity index (χ3n) is 5.69. The zero-order valence-corrected chi connectivity index (χ0v) is 17.0. The normalized spacial score (nSPS) is 14.8. The molecule has 0 spiro atoms. The van der Waals surface area contributed by atoms with E-state index in [0.29, 0.717) is 6.54 Å². The minimum absolute atomic E-state index is 0.652. The SMILES string of the molecule is CCc1cnn2c(NCc3ccc4c(c3)ncn4C)nc(N3CCCCC3)nc12. The molecule has 8 nitrogen and oxygen atoms in total. The molecule has 0 amide bonds. The van der Waals surface area contributed by atoms with Crippen molar-refractivity contribution in [2.45, 2.75) is 39.2 Å². The number of aryl methyl sites for hydroxylation is 2. The summed E-state index contributed by atoms with van der Waals surface area (Å²) < 4.78 is 3.85. The molecule has 3 aromatic heterocycles. The Morgan fingerprint density at radius 2 is 1.97 bits per heavy atom. The summed E-state index contributed by atoms with van der Waals surface area (Å²) in [6, 6.07) is 6.35. The van der Waals surface area contributed by atoms with Crippen LogP contribution < -0.4 is 10.2 Å². The van der Waals surface area contributed by atoms with E-state index in [1.54, 1.807) is 0 Å². The Kier molecular flexibility index (Phi) is 4.54. The summed E-state index contributed by atoms with van der Waals surface area (Å²) in [5, 5.41) is 8.02. The number of fused-ring (bicyclic) bond motifs is 2. The molecule has 5 rings (SSSR count). The van der Waals surface area contributed by atoms with E-state index in [1.165, 1.54) is 19.3 Å². The number of imidazole rings is 1. The molecule has 8 heteroatoms. The monoisotopic (exact) mass is 390 g/mol. The molecule has 150 valence electrons. The highest BCUT2D eigenvalue weighted by atomic mass is 15.4. The number of benzene rings is 1. The third-order valence-corrected chi connectivity index (χ3v) is 5.69. The van der Waals surface area contributed by atoms with Crippen LogP contribution in [-0.2, 0) is 20.0 Å². The van der Waals surface area contributed by atoms with E-state index in [-0.39, 0.29) is 0 Å². The Bertz CT molecular complexity index is 1150. The number of anilines is 2. The second-order valence-electron chi connectivity index (χ2n) is 7.69. The molecule has 0 atom stereocenters. The fraction of sp³-hybridized carbons (Fsp3) is 0.429. The number of hydrogen-bond donors (Lipinski definition) is 1. The Hall–Kier alpha value is -3.16. The van der Waals surface area contributed by atoms with Gasteiger partial charge in [-0.25, -0.2) is 4.98 Å². The first-order chi connectivity index (χ1) is 14.2. The van der Waals surface area contributed by atoms with E-state index in [9.17, 15) is 0 Å². The Morgan fingerprint density at radius 3 is 2.79 bits per heavy atom. The maximum Gasteiger partial charge on any atom is 0.230 e. The minimum Gasteiger partial charge on any atom is -0.350 e. The van der Waals surface area contributed by atoms with Gasteiger partial charge >= 0.3 is 0 Å². The molecule has 1 aromatic carbocycles. The number of nitrogens with one attached hydrogen (secondary N) is 1. The van der Waals surface area contributed by atoms with E-state index in [4.69, 9.17) is 9.97 Å². The van der Waals surface area contributed by atoms with E-state index < -0.39 is 0 Å². The summed E-state index contributed by atoms with van der Waals surface area (Å²) >= 11 is 0. The molecule has 1 aliphatic rings. The predicted molar refractivity (Wildman–Crippen MR) is 114 cm³/mol. The van der Waals surface area contributed by atoms with E-state index in [1.807, 2.05) is 28.7 Å². The first kappa shape index (κ1) is 17.9. The number of aromatic nitrogens is 6. The summed E-state index contributed by atoms with van der Waals surface area (Å²) in [7, 11) is 2.01. The zero-order valence-electron chi connectivity index (χ0n) is 17.0. The van der Waals surface area contributed by atoms with Gasteiger partial charge in [0.2, 0.25) is 11.9 Å². The van der Waals surface area contributed by atoms with Crippen LogP contribution in [0.1, 0.15) is 37.3 Å². The van der Waals surface area contributed by atoms with Crippen molar-refractivity contribution in [1.29, 1.82) is 0 Å². The molecule has 0 radical (unpaired) electrons. The molecule has 1 saturated heterocycles. The van der Waals surface area contributed by atoms with Crippen molar-refractivity contribution in [2.75, 3.05) is 23.3 Å². The van der Waals surface area contributed by atoms with Gasteiger partial charge in [-0.15, -0.1) is 0 Å². The van der Waals surface area contributed by atoms with Crippen LogP contribution in [0.5, 0.6) is 0 Å². The average molecular weight is 390 g/mol. The molecule has 0 aliphatic carbocycles. The number of nitrogens with zero attached hydrogens (tertiary/aromatic N) is 7. The van der Waals surface area contributed by atoms with Crippen molar-refractivity contribution in [2.24, 2.45) is 7.05 Å². The summed E-state index contributed by atoms with van der Waals surface area (Å²) in [5.74, 6) is 1.53. The van der Waals surface area contributed by atoms with Gasteiger partial charge in [-0.05, 0) is 43.4 Å². The summed E-state index contributed by atoms with van der Waals surface area (Å²) in [6.07, 6.45) is 8.32. The first-order valence-electron chi connectivity index (χ1n) is 10.4. The molecule has 0 saturated carbocycles. The fourth-order valence-corrected chi connectivity index (χ4v) is 3.98. The van der Waals surface area contributed by atoms with Crippen molar-refractivity contribution < 1.29 is 0 Å². The second-order valence-corrected chi connectivity index (χ2v) is 7.69. The zero-order chi connectivity index (χ0) is 19.8. The summed E-state index contributed by atoms with van der Waals surface area (Å²) in [4.78, 5) is 16.4. The lowest BCUT2D eigenvalue weighted by Crippen LogP contribution is -2.31. The maximum atomic E-state index is 4.85. The highest BCUT2D eigenvalue weighted by Gasteiger charge is 2.18. The van der Waals surface area contributed by atoms with Crippen LogP contribution >= 0.6 is 0 Å². The maximum absolute atomic E-state index is 4.85. The van der Waals surface area contributed by atoms with Crippen molar-refractivity contribution in [3.8, 4) is 0 Å². The Labute approximate surface area is 169 Å². The molecule has 0 bridgehead atoms. The van der Waals surface area contributed by atoms with Gasteiger partial charge in [-0.2, -0.15) is 19.6 Å². The molecule has 29 heavy (non-hydrogen) atoms. The molecule has 0 unspecified atom stereocenters. The number of hydrogen-bond acceptors (Lipinski definition) is 6. The van der Waals surface area contributed by atoms with Gasteiger partial charge in [0.25, 0.3) is 0 Å². The predicted octanol–water partition coefficient (Wildman–Crippen LogP) is 3.18. The van der Waals surface area contributed by atoms with Gasteiger partial charge in [0, 0.05) is 32.2 Å². The van der Waals surface area contributed by atoms with Crippen LogP contribution in [0, 0.1) is 0 Å². The molecule has 1 fully saturated rings. The quantitative estimate of drug-likeness (QED) is 0.564. The van der Waals surface area contributed by atoms with Crippen molar-refractivity contribution >= 4 is 28.6 Å². The van der Waals surface area contributed by atoms with E-state index in [0.717, 1.165) is 59.2 Å². The van der Waals surface area contributed by atoms with Gasteiger partial charge < -0.3 is 14.8 Å². The summed E-state index contributed by atoms with van der Waals surface area (Å²) in [5.41, 5.74) is 5.32. The van der Waals surface area contributed by atoms with Crippen LogP contribution in [-0.4, -0.2) is 42.2 Å². The van der Waals surface area contributed by atoms with Crippen molar-refractivity contribution in [3.63, 3.8) is 0 Å². The molecule has 4 aromatic rings. The molecular formula is C21H26N8. The van der Waals surface area contributed by atoms with Gasteiger partial charge in [0.1, 0.15) is 0 Å². The lowest BCUT2D eigenvalue weighted by atomic mass is 10.1. The Morgan fingerprint density at radius 1 is 1.10 bits per heavy atom. The number of rotatable bonds is 5. The molecular weight excluding hydrogens is 364 g/mol. The van der Waals surface area contributed by atoms with Gasteiger partial charge in [0.05, 0.1) is 23.6 Å². The van der Waals surface area contributed by atoms with Crippen molar-refractivity contribution in [1.82, 2.24) is 29.1 Å². The van der Waals surface area contributed by atoms with Crippen LogP contribution in [0.2, 0.25) is 0 Å². The van der Waals surface area contributed by atoms with Crippen LogP contribution in [0.25, 0.3) is 16.7 Å². The van der Waals surface area contributed by atoms with Gasteiger partial charge in [0.15, 0.2) is 5.65 Å². The van der Waals surface area contributed by atoms with Crippen molar-refractivity contribution in [3.05, 3.63) is 41.9 Å². The molecule has 1 aliphatic heterocycles. The molecule has 4 heterocycles. The largest absolute Gasteiger partial charge is 0.350 e. The van der Waals surface area contributed by atoms with Crippen LogP contribution in [0.3, 0.4) is 0 Å². The smallest absolute Gasteiger partial charge is 0.230 e. The second kappa shape index (κ2) is 7.35. The highest BCUT2D eigenvalue weighted by molar-refractivity contribution is 5.76. The first-order valence-corrected chi connectivity index (χ1v) is 10.4. The fourth-order valence-electron chi connectivity index (χ4n) is 3.98. The lowest BCUT2D eigenvalue weighted by Gasteiger charge is -2.27. The highest BCUT2D eigenvalue weighted by Crippen LogP contribution is 2.22. The molecule has 1 N–H and O–H groups in total. The minimum atomic E-state index is 0.652. The van der Waals surface area contributed by atoms with E-state index in [2.05, 4.69) is 45.4 Å². The van der Waals surface area contributed by atoms with Gasteiger partial charge in [-0.1, -0.05) is 13.0 Å². The number of piperidine rings is 1. The van der Waals surface area contributed by atoms with Crippen LogP contribution in [0.15, 0.2) is 30.7 Å². The van der Waals surface area contributed by atoms with Crippen LogP contribution in [0.4, 0.5) is 11.9 Å². The lowest BCUT2D eigenvalue weighted by molar-refractivity contribution is 0.567. The Balaban J connectivity index is 1.47. The topological polar surface area (TPSA) is 76.2 Å². The third kappa shape index (κ3) is 3.28. The summed E-state index contributed by atoms with van der Waals surface area (Å²) in [6.45, 7) is 4.82. The van der Waals surface area contributed by atoms with E-state index >= 15 is 0 Å². The van der Waals surface area contributed by atoms with Gasteiger partial charge in [-0.3, -0.25) is 0 Å². The average Bonchev–Trinajstić information content (AvgIpc) is 3.35.